The zero-order chi connectivity index (χ0) is 9.10. The largest absolute Gasteiger partial charge is 0.342 e. The Bertz CT molecular complexity index is 369. The van der Waals surface area contributed by atoms with Crippen LogP contribution < -0.4 is 5.90 Å². The molecule has 0 amide bonds. The number of hydrogen-bond acceptors (Lipinski definition) is 3. The molecule has 1 aromatic heterocycles. The molecule has 0 aliphatic heterocycles. The second kappa shape index (κ2) is 4.95. The number of rotatable bonds is 3. The van der Waals surface area contributed by atoms with Gasteiger partial charge in [0.15, 0.2) is 0 Å². The van der Waals surface area contributed by atoms with Crippen molar-refractivity contribution in [2.45, 2.75) is 6.42 Å². The van der Waals surface area contributed by atoms with Crippen molar-refractivity contribution in [3.8, 4) is 0 Å². The number of nitrogens with zero attached hydrogens (tertiary/aromatic N) is 1. The molecule has 0 spiro atoms. The van der Waals surface area contributed by atoms with Crippen LogP contribution in [0.25, 0.3) is 11.0 Å². The molecule has 0 radical (unpaired) electrons. The molecule has 0 aliphatic carbocycles. The van der Waals surface area contributed by atoms with Gasteiger partial charge < -0.3 is 9.82 Å². The second-order valence-corrected chi connectivity index (χ2v) is 2.82. The number of nitrogens with one attached hydrogen (secondary N) is 1. The molecule has 0 atom stereocenters. The van der Waals surface area contributed by atoms with Gasteiger partial charge in [0.1, 0.15) is 5.82 Å². The van der Waals surface area contributed by atoms with Crippen LogP contribution in [0.3, 0.4) is 0 Å². The van der Waals surface area contributed by atoms with Crippen LogP contribution in [0.2, 0.25) is 0 Å². The van der Waals surface area contributed by atoms with E-state index in [2.05, 4.69) is 14.8 Å². The summed E-state index contributed by atoms with van der Waals surface area (Å²) < 4.78 is 0. The molecule has 0 fully saturated rings. The van der Waals surface area contributed by atoms with Gasteiger partial charge in [0, 0.05) is 6.42 Å². The Morgan fingerprint density at radius 3 is 2.86 bits per heavy atom. The molecule has 0 bridgehead atoms. The molecule has 76 valence electrons. The van der Waals surface area contributed by atoms with Crippen molar-refractivity contribution in [1.82, 2.24) is 9.97 Å². The van der Waals surface area contributed by atoms with Crippen LogP contribution >= 0.6 is 12.4 Å². The highest BCUT2D eigenvalue weighted by molar-refractivity contribution is 5.85. The van der Waals surface area contributed by atoms with E-state index in [1.54, 1.807) is 0 Å². The Morgan fingerprint density at radius 2 is 2.14 bits per heavy atom. The first kappa shape index (κ1) is 11.0. The fourth-order valence-corrected chi connectivity index (χ4v) is 1.28. The summed E-state index contributed by atoms with van der Waals surface area (Å²) in [4.78, 5) is 12.0. The fourth-order valence-electron chi connectivity index (χ4n) is 1.28. The summed E-state index contributed by atoms with van der Waals surface area (Å²) in [6.07, 6.45) is 0.713. The maximum Gasteiger partial charge on any atom is 0.109 e. The minimum absolute atomic E-state index is 0. The van der Waals surface area contributed by atoms with Crippen LogP contribution in [-0.4, -0.2) is 16.6 Å². The van der Waals surface area contributed by atoms with Gasteiger partial charge in [-0.3, -0.25) is 0 Å². The van der Waals surface area contributed by atoms with Crippen LogP contribution in [0.4, 0.5) is 0 Å². The standard InChI is InChI=1S/C9H11N3O.ClH/c10-13-6-5-9-11-7-3-1-2-4-8(7)12-9;/h1-4H,5-6,10H2,(H,11,12);1H. The molecule has 3 N–H and O–H groups in total. The van der Waals surface area contributed by atoms with Crippen molar-refractivity contribution in [2.75, 3.05) is 6.61 Å². The molecule has 4 nitrogen and oxygen atoms in total. The van der Waals surface area contributed by atoms with Crippen molar-refractivity contribution in [2.24, 2.45) is 5.90 Å². The Kier molecular flexibility index (Phi) is 3.88. The van der Waals surface area contributed by atoms with E-state index in [0.29, 0.717) is 13.0 Å². The highest BCUT2D eigenvalue weighted by Crippen LogP contribution is 2.10. The van der Waals surface area contributed by atoms with Crippen molar-refractivity contribution >= 4 is 23.4 Å². The van der Waals surface area contributed by atoms with Gasteiger partial charge in [-0.25, -0.2) is 10.9 Å². The monoisotopic (exact) mass is 213 g/mol. The van der Waals surface area contributed by atoms with Crippen molar-refractivity contribution in [1.29, 1.82) is 0 Å². The first-order valence-corrected chi connectivity index (χ1v) is 4.15. The maximum atomic E-state index is 4.93. The highest BCUT2D eigenvalue weighted by Gasteiger charge is 2.00. The first-order valence-electron chi connectivity index (χ1n) is 4.15. The molecule has 1 heterocycles. The van der Waals surface area contributed by atoms with Gasteiger partial charge in [-0.2, -0.15) is 0 Å². The predicted molar refractivity (Wildman–Crippen MR) is 57.2 cm³/mol. The zero-order valence-electron chi connectivity index (χ0n) is 7.56. The van der Waals surface area contributed by atoms with Gasteiger partial charge in [0.2, 0.25) is 0 Å². The normalized spacial score (nSPS) is 10.1. The summed E-state index contributed by atoms with van der Waals surface area (Å²) in [5, 5.41) is 0. The van der Waals surface area contributed by atoms with Gasteiger partial charge in [-0.05, 0) is 12.1 Å². The van der Waals surface area contributed by atoms with Gasteiger partial charge in [-0.15, -0.1) is 12.4 Å². The maximum absolute atomic E-state index is 4.93. The lowest BCUT2D eigenvalue weighted by molar-refractivity contribution is 0.140. The summed E-state index contributed by atoms with van der Waals surface area (Å²) in [6.45, 7) is 0.486. The van der Waals surface area contributed by atoms with Crippen molar-refractivity contribution in [3.63, 3.8) is 0 Å². The van der Waals surface area contributed by atoms with Crippen LogP contribution in [0.15, 0.2) is 24.3 Å². The van der Waals surface area contributed by atoms with Crippen LogP contribution in [0.1, 0.15) is 5.82 Å². The SMILES string of the molecule is Cl.NOCCc1nc2ccccc2[nH]1. The number of aromatic amines is 1. The third kappa shape index (κ3) is 2.23. The molecule has 0 saturated carbocycles. The molecule has 0 aliphatic rings. The van der Waals surface area contributed by atoms with Crippen molar-refractivity contribution < 1.29 is 4.84 Å². The van der Waals surface area contributed by atoms with E-state index in [1.807, 2.05) is 24.3 Å². The smallest absolute Gasteiger partial charge is 0.109 e. The highest BCUT2D eigenvalue weighted by atomic mass is 35.5. The Labute approximate surface area is 87.8 Å². The number of halogens is 1. The van der Waals surface area contributed by atoms with Gasteiger partial charge in [-0.1, -0.05) is 12.1 Å². The van der Waals surface area contributed by atoms with Crippen LogP contribution in [0.5, 0.6) is 0 Å². The number of aromatic nitrogens is 2. The van der Waals surface area contributed by atoms with E-state index in [-0.39, 0.29) is 12.4 Å². The Hall–Kier alpha value is -1.10. The summed E-state index contributed by atoms with van der Waals surface area (Å²) in [5.74, 6) is 5.84. The average Bonchev–Trinajstić information content (AvgIpc) is 2.57. The molecule has 2 aromatic rings. The molecule has 5 heteroatoms. The van der Waals surface area contributed by atoms with E-state index < -0.39 is 0 Å². The van der Waals surface area contributed by atoms with Crippen LogP contribution in [0, 0.1) is 0 Å². The minimum atomic E-state index is 0. The van der Waals surface area contributed by atoms with Gasteiger partial charge in [0.05, 0.1) is 17.6 Å². The number of imidazole rings is 1. The zero-order valence-corrected chi connectivity index (χ0v) is 8.38. The molecule has 1 aromatic carbocycles. The summed E-state index contributed by atoms with van der Waals surface area (Å²) in [7, 11) is 0. The Morgan fingerprint density at radius 1 is 1.36 bits per heavy atom. The van der Waals surface area contributed by atoms with E-state index in [9.17, 15) is 0 Å². The number of benzene rings is 1. The molecule has 0 unspecified atom stereocenters. The molecule has 0 saturated heterocycles. The third-order valence-electron chi connectivity index (χ3n) is 1.90. The number of nitrogens with two attached hydrogens (primary N) is 1. The Balaban J connectivity index is 0.000000980. The van der Waals surface area contributed by atoms with E-state index in [1.165, 1.54) is 0 Å². The molecule has 14 heavy (non-hydrogen) atoms. The summed E-state index contributed by atoms with van der Waals surface area (Å²) >= 11 is 0. The van der Waals surface area contributed by atoms with Crippen molar-refractivity contribution in [3.05, 3.63) is 30.1 Å². The summed E-state index contributed by atoms with van der Waals surface area (Å²) in [6, 6.07) is 7.91. The first-order chi connectivity index (χ1) is 6.40. The predicted octanol–water partition coefficient (Wildman–Crippen LogP) is 1.42. The van der Waals surface area contributed by atoms with Crippen LogP contribution in [-0.2, 0) is 11.3 Å². The number of para-hydroxylation sites is 2. The third-order valence-corrected chi connectivity index (χ3v) is 1.90. The second-order valence-electron chi connectivity index (χ2n) is 2.82. The fraction of sp³-hybridized carbons (Fsp3) is 0.222. The van der Waals surface area contributed by atoms with E-state index in [0.717, 1.165) is 16.9 Å². The minimum Gasteiger partial charge on any atom is -0.342 e. The van der Waals surface area contributed by atoms with Gasteiger partial charge in [0.25, 0.3) is 0 Å². The lowest BCUT2D eigenvalue weighted by atomic mass is 10.3. The lowest BCUT2D eigenvalue weighted by Gasteiger charge is -1.92. The van der Waals surface area contributed by atoms with Gasteiger partial charge >= 0.3 is 0 Å². The topological polar surface area (TPSA) is 63.9 Å². The number of H-pyrrole nitrogens is 1. The molecular weight excluding hydrogens is 202 g/mol. The number of fused-ring (bicyclic) bond motifs is 1. The molecule has 2 rings (SSSR count). The average molecular weight is 214 g/mol. The lowest BCUT2D eigenvalue weighted by Crippen LogP contribution is -2.04. The van der Waals surface area contributed by atoms with E-state index in [4.69, 9.17) is 5.90 Å². The quantitative estimate of drug-likeness (QED) is 0.758. The molecular formula is C9H12ClN3O. The van der Waals surface area contributed by atoms with E-state index >= 15 is 0 Å². The number of hydrogen-bond donors (Lipinski definition) is 2. The summed E-state index contributed by atoms with van der Waals surface area (Å²) in [5.41, 5.74) is 2.03.